The molecule has 0 spiro atoms. The Balaban J connectivity index is 2.32. The lowest BCUT2D eigenvalue weighted by Crippen LogP contribution is -2.19. The molecule has 0 N–H and O–H groups in total. The maximum Gasteiger partial charge on any atom is 0.422 e. The number of hydrogen-bond acceptors (Lipinski definition) is 5. The highest BCUT2D eigenvalue weighted by Gasteiger charge is 2.29. The largest absolute Gasteiger partial charge is 0.480 e. The van der Waals surface area contributed by atoms with E-state index in [0.29, 0.717) is 0 Å². The number of ether oxygens (including phenoxy) is 2. The van der Waals surface area contributed by atoms with Gasteiger partial charge in [0.2, 0.25) is 5.75 Å². The van der Waals surface area contributed by atoms with Crippen molar-refractivity contribution in [2.24, 2.45) is 0 Å². The maximum absolute atomic E-state index is 12.3. The first-order chi connectivity index (χ1) is 11.3. The van der Waals surface area contributed by atoms with Crippen molar-refractivity contribution < 1.29 is 27.6 Å². The van der Waals surface area contributed by atoms with Crippen molar-refractivity contribution in [2.75, 3.05) is 6.61 Å². The summed E-state index contributed by atoms with van der Waals surface area (Å²) in [5.74, 6) is -0.551. The zero-order chi connectivity index (χ0) is 17.7. The summed E-state index contributed by atoms with van der Waals surface area (Å²) in [6, 6.07) is 10.7. The molecule has 0 bridgehead atoms. The topological polar surface area (TPSA) is 85.4 Å². The molecule has 0 saturated heterocycles. The van der Waals surface area contributed by atoms with E-state index >= 15 is 0 Å². The fraction of sp³-hybridized carbons (Fsp3) is 0.133. The second-order valence-electron chi connectivity index (χ2n) is 4.50. The van der Waals surface area contributed by atoms with Gasteiger partial charge < -0.3 is 9.47 Å². The van der Waals surface area contributed by atoms with Crippen LogP contribution in [0.1, 0.15) is 5.56 Å². The minimum Gasteiger partial charge on any atom is -0.480 e. The van der Waals surface area contributed by atoms with Crippen molar-refractivity contribution in [1.29, 1.82) is 5.26 Å². The number of benzene rings is 2. The molecule has 124 valence electrons. The first kappa shape index (κ1) is 17.1. The molecule has 2 rings (SSSR count). The van der Waals surface area contributed by atoms with Gasteiger partial charge in [0.1, 0.15) is 0 Å². The number of halogens is 3. The Bertz CT molecular complexity index is 800. The minimum atomic E-state index is -4.53. The molecule has 0 aliphatic carbocycles. The van der Waals surface area contributed by atoms with Gasteiger partial charge in [0.25, 0.3) is 0 Å². The van der Waals surface area contributed by atoms with Crippen LogP contribution in [0.5, 0.6) is 17.2 Å². The van der Waals surface area contributed by atoms with Gasteiger partial charge in [0.05, 0.1) is 16.6 Å². The van der Waals surface area contributed by atoms with Crippen molar-refractivity contribution in [1.82, 2.24) is 0 Å². The Morgan fingerprint density at radius 3 is 2.38 bits per heavy atom. The minimum absolute atomic E-state index is 0.0515. The first-order valence-corrected chi connectivity index (χ1v) is 6.45. The van der Waals surface area contributed by atoms with Crippen LogP contribution < -0.4 is 9.47 Å². The van der Waals surface area contributed by atoms with Crippen LogP contribution in [0, 0.1) is 21.4 Å². The van der Waals surface area contributed by atoms with Crippen LogP contribution >= 0.6 is 0 Å². The maximum atomic E-state index is 12.3. The highest BCUT2D eigenvalue weighted by molar-refractivity contribution is 5.54. The first-order valence-electron chi connectivity index (χ1n) is 6.45. The molecule has 0 atom stereocenters. The predicted octanol–water partition coefficient (Wildman–Crippen LogP) is 4.20. The third-order valence-electron chi connectivity index (χ3n) is 2.75. The van der Waals surface area contributed by atoms with Crippen LogP contribution in [-0.4, -0.2) is 17.7 Å². The number of para-hydroxylation sites is 2. The third-order valence-corrected chi connectivity index (χ3v) is 2.75. The van der Waals surface area contributed by atoms with Gasteiger partial charge in [-0.1, -0.05) is 12.1 Å². The summed E-state index contributed by atoms with van der Waals surface area (Å²) < 4.78 is 46.8. The molecule has 0 radical (unpaired) electrons. The number of nitro groups is 1. The zero-order valence-electron chi connectivity index (χ0n) is 11.9. The van der Waals surface area contributed by atoms with E-state index in [4.69, 9.17) is 10.00 Å². The quantitative estimate of drug-likeness (QED) is 0.602. The van der Waals surface area contributed by atoms with E-state index in [0.717, 1.165) is 6.07 Å². The smallest absolute Gasteiger partial charge is 0.422 e. The lowest BCUT2D eigenvalue weighted by atomic mass is 10.2. The summed E-state index contributed by atoms with van der Waals surface area (Å²) in [4.78, 5) is 10.3. The summed E-state index contributed by atoms with van der Waals surface area (Å²) in [5, 5.41) is 19.8. The van der Waals surface area contributed by atoms with Crippen molar-refractivity contribution >= 4 is 5.69 Å². The lowest BCUT2D eigenvalue weighted by Gasteiger charge is -2.13. The molecular weight excluding hydrogens is 329 g/mol. The van der Waals surface area contributed by atoms with Gasteiger partial charge in [-0.25, -0.2) is 0 Å². The van der Waals surface area contributed by atoms with E-state index in [1.807, 2.05) is 0 Å². The molecule has 0 saturated carbocycles. The highest BCUT2D eigenvalue weighted by atomic mass is 19.4. The van der Waals surface area contributed by atoms with Crippen LogP contribution in [0.4, 0.5) is 18.9 Å². The van der Waals surface area contributed by atoms with Gasteiger partial charge in [0, 0.05) is 6.07 Å². The predicted molar refractivity (Wildman–Crippen MR) is 75.9 cm³/mol. The highest BCUT2D eigenvalue weighted by Crippen LogP contribution is 2.37. The zero-order valence-corrected chi connectivity index (χ0v) is 11.9. The molecule has 6 nitrogen and oxygen atoms in total. The number of nitro benzene ring substituents is 1. The van der Waals surface area contributed by atoms with Gasteiger partial charge in [0.15, 0.2) is 18.1 Å². The molecule has 0 fully saturated rings. The van der Waals surface area contributed by atoms with Crippen LogP contribution in [0.2, 0.25) is 0 Å². The summed E-state index contributed by atoms with van der Waals surface area (Å²) in [6.45, 7) is -1.52. The van der Waals surface area contributed by atoms with E-state index in [-0.39, 0.29) is 22.8 Å². The molecule has 0 unspecified atom stereocenters. The Labute approximate surface area is 133 Å². The Kier molecular flexibility index (Phi) is 4.89. The van der Waals surface area contributed by atoms with Crippen molar-refractivity contribution in [3.8, 4) is 23.3 Å². The van der Waals surface area contributed by atoms with Gasteiger partial charge in [-0.15, -0.1) is 0 Å². The SMILES string of the molecule is N#Cc1ccc(Oc2ccccc2OCC(F)(F)F)c([N+](=O)[O-])c1. The Morgan fingerprint density at radius 1 is 1.12 bits per heavy atom. The summed E-state index contributed by atoms with van der Waals surface area (Å²) in [7, 11) is 0. The summed E-state index contributed by atoms with van der Waals surface area (Å²) in [6.07, 6.45) is -4.53. The van der Waals surface area contributed by atoms with E-state index in [1.54, 1.807) is 6.07 Å². The second-order valence-corrected chi connectivity index (χ2v) is 4.50. The monoisotopic (exact) mass is 338 g/mol. The number of alkyl halides is 3. The van der Waals surface area contributed by atoms with Gasteiger partial charge in [-0.05, 0) is 24.3 Å². The molecule has 9 heteroatoms. The van der Waals surface area contributed by atoms with Crippen LogP contribution in [-0.2, 0) is 0 Å². The van der Waals surface area contributed by atoms with Gasteiger partial charge in [-0.2, -0.15) is 18.4 Å². The molecule has 2 aromatic carbocycles. The lowest BCUT2D eigenvalue weighted by molar-refractivity contribution is -0.385. The fourth-order valence-electron chi connectivity index (χ4n) is 1.75. The molecule has 0 heterocycles. The van der Waals surface area contributed by atoms with Crippen molar-refractivity contribution in [3.63, 3.8) is 0 Å². The standard InChI is InChI=1S/C15H9F3N2O4/c16-15(17,18)9-23-13-3-1-2-4-14(13)24-12-6-5-10(8-19)7-11(12)20(21)22/h1-7H,9H2. The summed E-state index contributed by atoms with van der Waals surface area (Å²) in [5.41, 5.74) is -0.435. The average Bonchev–Trinajstić information content (AvgIpc) is 2.53. The van der Waals surface area contributed by atoms with Crippen molar-refractivity contribution in [3.05, 3.63) is 58.1 Å². The molecule has 0 aromatic heterocycles. The normalized spacial score (nSPS) is 10.8. The van der Waals surface area contributed by atoms with E-state index < -0.39 is 23.4 Å². The van der Waals surface area contributed by atoms with E-state index in [9.17, 15) is 23.3 Å². The molecule has 0 aliphatic rings. The number of hydrogen-bond donors (Lipinski definition) is 0. The van der Waals surface area contributed by atoms with Crippen molar-refractivity contribution in [2.45, 2.75) is 6.18 Å². The molecule has 24 heavy (non-hydrogen) atoms. The van der Waals surface area contributed by atoms with Gasteiger partial charge in [-0.3, -0.25) is 10.1 Å². The van der Waals surface area contributed by atoms with Gasteiger partial charge >= 0.3 is 11.9 Å². The molecular formula is C15H9F3N2O4. The van der Waals surface area contributed by atoms with E-state index in [1.165, 1.54) is 36.4 Å². The third kappa shape index (κ3) is 4.36. The summed E-state index contributed by atoms with van der Waals surface area (Å²) >= 11 is 0. The Hall–Kier alpha value is -3.28. The number of nitriles is 1. The number of nitrogens with zero attached hydrogens (tertiary/aromatic N) is 2. The number of rotatable bonds is 5. The molecule has 0 amide bonds. The van der Waals surface area contributed by atoms with Crippen LogP contribution in [0.25, 0.3) is 0 Å². The van der Waals surface area contributed by atoms with Crippen LogP contribution in [0.15, 0.2) is 42.5 Å². The van der Waals surface area contributed by atoms with Crippen LogP contribution in [0.3, 0.4) is 0 Å². The molecule has 2 aromatic rings. The Morgan fingerprint density at radius 2 is 1.79 bits per heavy atom. The molecule has 0 aliphatic heterocycles. The fourth-order valence-corrected chi connectivity index (χ4v) is 1.75. The van der Waals surface area contributed by atoms with E-state index in [2.05, 4.69) is 4.74 Å². The average molecular weight is 338 g/mol. The second kappa shape index (κ2) is 6.87.